The van der Waals surface area contributed by atoms with Crippen LogP contribution in [0.5, 0.6) is 5.75 Å². The first kappa shape index (κ1) is 25.4. The van der Waals surface area contributed by atoms with Crippen LogP contribution in [-0.2, 0) is 29.9 Å². The van der Waals surface area contributed by atoms with Crippen molar-refractivity contribution in [3.63, 3.8) is 0 Å². The molecule has 0 spiro atoms. The Bertz CT molecular complexity index is 1270. The summed E-state index contributed by atoms with van der Waals surface area (Å²) in [5, 5.41) is 21.1. The third kappa shape index (κ3) is 4.45. The van der Waals surface area contributed by atoms with Gasteiger partial charge in [0.1, 0.15) is 22.7 Å². The molecule has 0 aliphatic carbocycles. The van der Waals surface area contributed by atoms with E-state index in [0.29, 0.717) is 0 Å². The molecular weight excluding hydrogens is 497 g/mol. The number of rotatable bonds is 4. The Hall–Kier alpha value is -3.74. The van der Waals surface area contributed by atoms with Gasteiger partial charge in [0.15, 0.2) is 11.6 Å². The minimum atomic E-state index is -1.79. The first-order chi connectivity index (χ1) is 16.8. The summed E-state index contributed by atoms with van der Waals surface area (Å²) in [6.45, 7) is 5.00. The molecule has 3 N–H and O–H groups in total. The molecule has 0 aromatic heterocycles. The van der Waals surface area contributed by atoms with Gasteiger partial charge in [-0.15, -0.1) is 0 Å². The van der Waals surface area contributed by atoms with Crippen LogP contribution in [0.1, 0.15) is 27.2 Å². The molecule has 3 aliphatic heterocycles. The summed E-state index contributed by atoms with van der Waals surface area (Å²) < 4.78 is 31.9. The number of phenolic OH excluding ortho intramolecular Hbond substituents is 1. The number of carboxylic acids is 1. The number of halogens is 1. The predicted molar refractivity (Wildman–Crippen MR) is 125 cm³/mol. The second kappa shape index (κ2) is 9.04. The van der Waals surface area contributed by atoms with E-state index in [1.807, 2.05) is 0 Å². The summed E-state index contributed by atoms with van der Waals surface area (Å²) in [4.78, 5) is 51.9. The normalized spacial score (nSPS) is 25.1. The van der Waals surface area contributed by atoms with Gasteiger partial charge in [0.25, 0.3) is 11.8 Å². The molecule has 13 heteroatoms. The number of carbonyl (C=O) groups excluding carboxylic acids is 3. The minimum absolute atomic E-state index is 0.00909. The van der Waals surface area contributed by atoms with Gasteiger partial charge in [-0.1, -0.05) is 6.07 Å². The Kier molecular flexibility index (Phi) is 6.37. The van der Waals surface area contributed by atoms with Crippen LogP contribution in [-0.4, -0.2) is 72.5 Å². The van der Waals surface area contributed by atoms with Crippen molar-refractivity contribution in [3.8, 4) is 5.75 Å². The molecule has 0 saturated carbocycles. The molecular formula is C23H24FN3O8S. The van der Waals surface area contributed by atoms with Crippen LogP contribution in [0.3, 0.4) is 0 Å². The Labute approximate surface area is 207 Å². The van der Waals surface area contributed by atoms with Crippen molar-refractivity contribution in [1.29, 1.82) is 0 Å². The molecule has 36 heavy (non-hydrogen) atoms. The van der Waals surface area contributed by atoms with Gasteiger partial charge in [0.05, 0.1) is 22.2 Å². The zero-order chi connectivity index (χ0) is 26.5. The lowest BCUT2D eigenvalue weighted by atomic mass is 10.0. The average molecular weight is 522 g/mol. The number of alkyl carbamates (subject to hydrolysis) is 1. The highest BCUT2D eigenvalue weighted by molar-refractivity contribution is 7.86. The number of carbonyl (C=O) groups is 4. The molecule has 1 aromatic carbocycles. The van der Waals surface area contributed by atoms with Gasteiger partial charge in [0.2, 0.25) is 0 Å². The Balaban J connectivity index is 1.61. The molecule has 3 amide bonds. The second-order valence-corrected chi connectivity index (χ2v) is 10.9. The molecule has 4 rings (SSSR count). The standard InChI is InChI=1S/C23H24FN3O8S/c1-23(2,3)35-22(33)25-15-19(30)27-16(21(31)32)12(10-36(34)20(15)27)9-11-7-8-26(18(11)29)14-6-4-5-13(24)17(14)28/h4-6,9,15,20,28H,7-8,10H2,1-3H3,(H,25,33)(H,31,32)/t15-,20-,36+/m1/s1. The summed E-state index contributed by atoms with van der Waals surface area (Å²) in [6.07, 6.45) is 0.527. The maximum atomic E-state index is 13.7. The second-order valence-electron chi connectivity index (χ2n) is 9.41. The van der Waals surface area contributed by atoms with Crippen LogP contribution in [0.25, 0.3) is 0 Å². The maximum absolute atomic E-state index is 13.7. The van der Waals surface area contributed by atoms with Crippen molar-refractivity contribution in [1.82, 2.24) is 10.2 Å². The van der Waals surface area contributed by atoms with E-state index in [1.165, 1.54) is 18.2 Å². The van der Waals surface area contributed by atoms with Gasteiger partial charge in [-0.2, -0.15) is 0 Å². The Morgan fingerprint density at radius 1 is 1.28 bits per heavy atom. The van der Waals surface area contributed by atoms with Crippen LogP contribution in [0, 0.1) is 5.82 Å². The summed E-state index contributed by atoms with van der Waals surface area (Å²) in [5.41, 5.74) is -1.14. The van der Waals surface area contributed by atoms with Gasteiger partial charge in [0, 0.05) is 12.1 Å². The molecule has 3 atom stereocenters. The number of nitrogens with zero attached hydrogens (tertiary/aromatic N) is 2. The lowest BCUT2D eigenvalue weighted by molar-refractivity contribution is -0.149. The highest BCUT2D eigenvalue weighted by atomic mass is 32.2. The number of fused-ring (bicyclic) bond motifs is 1. The van der Waals surface area contributed by atoms with Crippen LogP contribution < -0.4 is 10.2 Å². The van der Waals surface area contributed by atoms with E-state index in [4.69, 9.17) is 4.74 Å². The number of hydrogen-bond donors (Lipinski definition) is 3. The number of ether oxygens (including phenoxy) is 1. The van der Waals surface area contributed by atoms with E-state index in [1.54, 1.807) is 20.8 Å². The number of aromatic hydroxyl groups is 1. The molecule has 0 bridgehead atoms. The molecule has 192 valence electrons. The number of amides is 3. The van der Waals surface area contributed by atoms with Gasteiger partial charge < -0.3 is 25.2 Å². The molecule has 1 aromatic rings. The molecule has 11 nitrogen and oxygen atoms in total. The summed E-state index contributed by atoms with van der Waals surface area (Å²) in [5.74, 6) is -4.67. The fraction of sp³-hybridized carbons (Fsp3) is 0.391. The monoisotopic (exact) mass is 521 g/mol. The minimum Gasteiger partial charge on any atom is -0.503 e. The van der Waals surface area contributed by atoms with Crippen molar-refractivity contribution >= 4 is 40.4 Å². The van der Waals surface area contributed by atoms with Crippen molar-refractivity contribution in [2.45, 2.75) is 44.2 Å². The van der Waals surface area contributed by atoms with Crippen LogP contribution in [0.2, 0.25) is 0 Å². The first-order valence-electron chi connectivity index (χ1n) is 11.0. The van der Waals surface area contributed by atoms with Crippen molar-refractivity contribution in [3.05, 3.63) is 46.9 Å². The van der Waals surface area contributed by atoms with E-state index in [-0.39, 0.29) is 35.6 Å². The summed E-state index contributed by atoms with van der Waals surface area (Å²) in [7, 11) is -1.79. The molecule has 3 aliphatic rings. The fourth-order valence-corrected chi connectivity index (χ4v) is 5.89. The van der Waals surface area contributed by atoms with E-state index >= 15 is 0 Å². The number of allylic oxidation sites excluding steroid dienone is 1. The van der Waals surface area contributed by atoms with E-state index < -0.39 is 69.0 Å². The summed E-state index contributed by atoms with van der Waals surface area (Å²) >= 11 is 0. The zero-order valence-corrected chi connectivity index (χ0v) is 20.4. The van der Waals surface area contributed by atoms with Crippen LogP contribution in [0.15, 0.2) is 41.1 Å². The quantitative estimate of drug-likeness (QED) is 0.397. The smallest absolute Gasteiger partial charge is 0.408 e. The van der Waals surface area contributed by atoms with Gasteiger partial charge >= 0.3 is 12.1 Å². The predicted octanol–water partition coefficient (Wildman–Crippen LogP) is 1.36. The summed E-state index contributed by atoms with van der Waals surface area (Å²) in [6, 6.07) is 2.54. The Morgan fingerprint density at radius 3 is 2.61 bits per heavy atom. The number of aliphatic carboxylic acids is 1. The SMILES string of the molecule is CC(C)(C)OC(=O)N[C@@H]1C(=O)N2C(C(=O)O)=C(C=C3CCN(c4cccc(F)c4O)C3=O)C[S@](=O)[C@H]12. The van der Waals surface area contributed by atoms with Crippen molar-refractivity contribution in [2.75, 3.05) is 17.2 Å². The van der Waals surface area contributed by atoms with E-state index in [2.05, 4.69) is 5.32 Å². The first-order valence-corrected chi connectivity index (χ1v) is 12.3. The number of hydrogen-bond acceptors (Lipinski definition) is 7. The number of nitrogens with one attached hydrogen (secondary N) is 1. The van der Waals surface area contributed by atoms with E-state index in [0.717, 1.165) is 15.9 Å². The molecule has 3 heterocycles. The lowest BCUT2D eigenvalue weighted by Crippen LogP contribution is -2.73. The van der Waals surface area contributed by atoms with Gasteiger partial charge in [-0.05, 0) is 51.0 Å². The highest BCUT2D eigenvalue weighted by Crippen LogP contribution is 2.38. The molecule has 0 unspecified atom stereocenters. The lowest BCUT2D eigenvalue weighted by Gasteiger charge is -2.48. The number of anilines is 1. The van der Waals surface area contributed by atoms with Gasteiger partial charge in [-0.3, -0.25) is 18.7 Å². The highest BCUT2D eigenvalue weighted by Gasteiger charge is 2.57. The third-order valence-corrected chi connectivity index (χ3v) is 7.38. The number of β-lactam (4-membered cyclic amide) rings is 1. The topological polar surface area (TPSA) is 154 Å². The largest absolute Gasteiger partial charge is 0.503 e. The van der Waals surface area contributed by atoms with Gasteiger partial charge in [-0.25, -0.2) is 14.0 Å². The molecule has 2 saturated heterocycles. The third-order valence-electron chi connectivity index (χ3n) is 5.76. The number of phenols is 1. The van der Waals surface area contributed by atoms with Crippen LogP contribution >= 0.6 is 0 Å². The zero-order valence-electron chi connectivity index (χ0n) is 19.6. The Morgan fingerprint density at radius 2 is 1.97 bits per heavy atom. The van der Waals surface area contributed by atoms with Crippen LogP contribution in [0.4, 0.5) is 14.9 Å². The van der Waals surface area contributed by atoms with Crippen molar-refractivity contribution < 1.29 is 42.7 Å². The average Bonchev–Trinajstić information content (AvgIpc) is 3.12. The fourth-order valence-electron chi connectivity index (χ4n) is 4.26. The number of carboxylic acid groups (broad SMARTS) is 1. The van der Waals surface area contributed by atoms with E-state index in [9.17, 15) is 38.0 Å². The molecule has 2 fully saturated rings. The molecule has 0 radical (unpaired) electrons. The number of para-hydroxylation sites is 1. The number of benzene rings is 1. The maximum Gasteiger partial charge on any atom is 0.408 e. The van der Waals surface area contributed by atoms with Crippen molar-refractivity contribution in [2.24, 2.45) is 0 Å².